The van der Waals surface area contributed by atoms with E-state index >= 15 is 17.6 Å². The Morgan fingerprint density at radius 1 is 0.527 bits per heavy atom. The fraction of sp³-hybridized carbons (Fsp3) is 0.333. The zero-order valence-electron chi connectivity index (χ0n) is 32.7. The average molecular weight is 783 g/mol. The van der Waals surface area contributed by atoms with Gasteiger partial charge in [-0.1, -0.05) is 0 Å². The van der Waals surface area contributed by atoms with Gasteiger partial charge in [-0.25, -0.2) is 0 Å². The molecule has 2 aliphatic carbocycles. The van der Waals surface area contributed by atoms with Gasteiger partial charge in [0.15, 0.2) is 0 Å². The van der Waals surface area contributed by atoms with E-state index in [2.05, 4.69) is 36.6 Å². The van der Waals surface area contributed by atoms with Crippen molar-refractivity contribution in [2.24, 2.45) is 0 Å². The number of rotatable bonds is 18. The first-order valence-electron chi connectivity index (χ1n) is 20.1. The summed E-state index contributed by atoms with van der Waals surface area (Å²) in [5, 5.41) is 6.62. The van der Waals surface area contributed by atoms with Crippen molar-refractivity contribution in [2.45, 2.75) is 105 Å². The van der Waals surface area contributed by atoms with E-state index in [-0.39, 0.29) is 19.1 Å². The van der Waals surface area contributed by atoms with E-state index in [9.17, 15) is 0 Å². The molecule has 0 spiro atoms. The minimum absolute atomic E-state index is 0.0886. The van der Waals surface area contributed by atoms with Gasteiger partial charge in [-0.15, -0.1) is 0 Å². The molecule has 0 unspecified atom stereocenters. The number of nitrogens with one attached hydrogen (secondary N) is 2. The Morgan fingerprint density at radius 2 is 0.945 bits per heavy atom. The van der Waals surface area contributed by atoms with Crippen LogP contribution in [0.15, 0.2) is 105 Å². The molecule has 6 rings (SSSR count). The molecule has 0 atom stereocenters. The molecule has 0 bridgehead atoms. The van der Waals surface area contributed by atoms with Gasteiger partial charge < -0.3 is 0 Å². The van der Waals surface area contributed by atoms with Crippen molar-refractivity contribution in [1.82, 2.24) is 0 Å². The topological polar surface area (TPSA) is 24.1 Å². The average Bonchev–Trinajstić information content (AvgIpc) is 3.92. The van der Waals surface area contributed by atoms with Crippen molar-refractivity contribution in [3.8, 4) is 0 Å². The third-order valence-corrected chi connectivity index (χ3v) is 19.0. The molecule has 0 fully saturated rings. The summed E-state index contributed by atoms with van der Waals surface area (Å²) in [4.78, 5) is 0. The fourth-order valence-electron chi connectivity index (χ4n) is 8.29. The molecule has 288 valence electrons. The fourth-order valence-corrected chi connectivity index (χ4v) is 16.6. The van der Waals surface area contributed by atoms with Crippen molar-refractivity contribution >= 4 is 30.5 Å². The van der Waals surface area contributed by atoms with Gasteiger partial charge >= 0.3 is 330 Å². The number of aryl methyl sites for hydroxylation is 4. The van der Waals surface area contributed by atoms with Gasteiger partial charge in [0, 0.05) is 0 Å². The molecule has 4 aromatic carbocycles. The van der Waals surface area contributed by atoms with Crippen LogP contribution in [0.4, 0.5) is 40.3 Å². The van der Waals surface area contributed by atoms with E-state index in [0.717, 1.165) is 97.8 Å². The number of benzene rings is 4. The molecule has 0 saturated heterocycles. The SMILES string of the molecule is CCCCCCc1cc(C)ccc1Nc1ccc(F)[c]([Ti]([C]2=CC=CC2)([C]2=CC=CC2)[c]2c(F)ccc(Nc3ccc(C)cc3CCCCCC)c2F)c1F. The van der Waals surface area contributed by atoms with E-state index in [0.29, 0.717) is 20.6 Å². The van der Waals surface area contributed by atoms with Crippen LogP contribution >= 0.6 is 0 Å². The standard InChI is InChI=1S/2C19H22F2N.2C5H5.Ti/c2*1-3-4-5-6-7-15-12-14(2)8-10-18(15)22-19-11-9-16(20)13-17(19)21;2*1-2-4-5-3-1;/h2*8-12,22H,3-7H2,1-2H3;2*1-3H,4H2;. The molecule has 0 radical (unpaired) electrons. The molecule has 0 aliphatic heterocycles. The van der Waals surface area contributed by atoms with Gasteiger partial charge in [0.2, 0.25) is 0 Å². The maximum atomic E-state index is 17.6. The summed E-state index contributed by atoms with van der Waals surface area (Å²) in [6.07, 6.45) is 22.2. The molecule has 7 heteroatoms. The van der Waals surface area contributed by atoms with E-state index in [4.69, 9.17) is 0 Å². The Kier molecular flexibility index (Phi) is 13.8. The van der Waals surface area contributed by atoms with Crippen molar-refractivity contribution in [1.29, 1.82) is 0 Å². The molecule has 2 N–H and O–H groups in total. The van der Waals surface area contributed by atoms with E-state index < -0.39 is 39.9 Å². The van der Waals surface area contributed by atoms with Crippen LogP contribution in [-0.4, -0.2) is 0 Å². The zero-order chi connectivity index (χ0) is 39.0. The van der Waals surface area contributed by atoms with Crippen molar-refractivity contribution in [3.05, 3.63) is 150 Å². The van der Waals surface area contributed by atoms with Crippen LogP contribution in [0, 0.1) is 37.1 Å². The summed E-state index contributed by atoms with van der Waals surface area (Å²) in [6.45, 7) is 8.41. The summed E-state index contributed by atoms with van der Waals surface area (Å²) in [6, 6.07) is 17.4. The summed E-state index contributed by atoms with van der Waals surface area (Å²) in [5.41, 5.74) is 5.96. The van der Waals surface area contributed by atoms with Gasteiger partial charge in [-0.05, 0) is 0 Å². The quantitative estimate of drug-likeness (QED) is 0.0597. The molecule has 0 heterocycles. The Balaban J connectivity index is 1.51. The summed E-state index contributed by atoms with van der Waals surface area (Å²) in [7, 11) is 0. The van der Waals surface area contributed by atoms with E-state index in [1.54, 1.807) is 0 Å². The zero-order valence-corrected chi connectivity index (χ0v) is 34.3. The first kappa shape index (κ1) is 40.5. The van der Waals surface area contributed by atoms with Crippen LogP contribution in [0.1, 0.15) is 100 Å². The predicted molar refractivity (Wildman–Crippen MR) is 220 cm³/mol. The van der Waals surface area contributed by atoms with E-state index in [1.807, 2.05) is 74.6 Å². The Hall–Kier alpha value is -4.13. The van der Waals surface area contributed by atoms with Gasteiger partial charge in [0.05, 0.1) is 0 Å². The monoisotopic (exact) mass is 782 g/mol. The number of hydrogen-bond acceptors (Lipinski definition) is 2. The molecule has 0 amide bonds. The minimum atomic E-state index is -5.05. The number of unbranched alkanes of at least 4 members (excludes halogenated alkanes) is 6. The van der Waals surface area contributed by atoms with Gasteiger partial charge in [-0.2, -0.15) is 0 Å². The number of allylic oxidation sites excluding steroid dienone is 8. The third kappa shape index (κ3) is 8.82. The van der Waals surface area contributed by atoms with Crippen LogP contribution in [0.25, 0.3) is 0 Å². The Morgan fingerprint density at radius 3 is 1.33 bits per heavy atom. The number of hydrogen-bond donors (Lipinski definition) is 2. The molecule has 4 aromatic rings. The van der Waals surface area contributed by atoms with Crippen molar-refractivity contribution < 1.29 is 34.2 Å². The first-order chi connectivity index (χ1) is 26.7. The number of anilines is 4. The molecule has 0 saturated carbocycles. The molecular formula is C48H54F4N2Ti. The summed E-state index contributed by atoms with van der Waals surface area (Å²) in [5.74, 6) is -3.19. The van der Waals surface area contributed by atoms with Crippen LogP contribution < -0.4 is 18.4 Å². The van der Waals surface area contributed by atoms with Crippen LogP contribution in [0.5, 0.6) is 0 Å². The molecule has 2 nitrogen and oxygen atoms in total. The molecule has 0 aromatic heterocycles. The molecule has 2 aliphatic rings. The van der Waals surface area contributed by atoms with Gasteiger partial charge in [0.25, 0.3) is 0 Å². The van der Waals surface area contributed by atoms with Crippen LogP contribution in [0.3, 0.4) is 0 Å². The van der Waals surface area contributed by atoms with E-state index in [1.165, 1.54) is 24.3 Å². The van der Waals surface area contributed by atoms with Gasteiger partial charge in [0.1, 0.15) is 0 Å². The second-order valence-electron chi connectivity index (χ2n) is 15.2. The second-order valence-corrected chi connectivity index (χ2v) is 21.1. The first-order valence-corrected chi connectivity index (χ1v) is 23.2. The van der Waals surface area contributed by atoms with Crippen LogP contribution in [0.2, 0.25) is 0 Å². The normalized spacial score (nSPS) is 13.7. The number of halogens is 4. The Labute approximate surface area is 328 Å². The maximum absolute atomic E-state index is 17.6. The molecule has 55 heavy (non-hydrogen) atoms. The van der Waals surface area contributed by atoms with Crippen molar-refractivity contribution in [3.63, 3.8) is 0 Å². The third-order valence-electron chi connectivity index (χ3n) is 11.1. The van der Waals surface area contributed by atoms with Crippen LogP contribution in [-0.2, 0) is 29.4 Å². The summed E-state index contributed by atoms with van der Waals surface area (Å²) < 4.78 is 69.8. The van der Waals surface area contributed by atoms with Gasteiger partial charge in [-0.3, -0.25) is 0 Å². The summed E-state index contributed by atoms with van der Waals surface area (Å²) >= 11 is -5.05. The molecular weight excluding hydrogens is 728 g/mol. The van der Waals surface area contributed by atoms with Crippen molar-refractivity contribution in [2.75, 3.05) is 10.6 Å². The second kappa shape index (κ2) is 18.7. The predicted octanol–water partition coefficient (Wildman–Crippen LogP) is 13.4. The Bertz CT molecular complexity index is 1980.